The molecule has 8 heteroatoms. The van der Waals surface area contributed by atoms with Crippen molar-refractivity contribution in [3.63, 3.8) is 0 Å². The summed E-state index contributed by atoms with van der Waals surface area (Å²) in [4.78, 5) is 23.6. The molecule has 0 unspecified atom stereocenters. The molecule has 0 radical (unpaired) electrons. The van der Waals surface area contributed by atoms with Crippen LogP contribution in [-0.4, -0.2) is 37.5 Å². The van der Waals surface area contributed by atoms with Gasteiger partial charge in [-0.2, -0.15) is 0 Å². The lowest BCUT2D eigenvalue weighted by atomic mass is 9.90. The molecule has 1 aliphatic rings. The van der Waals surface area contributed by atoms with Crippen LogP contribution in [0.3, 0.4) is 0 Å². The van der Waals surface area contributed by atoms with Gasteiger partial charge in [0.2, 0.25) is 0 Å². The van der Waals surface area contributed by atoms with Gasteiger partial charge in [0.15, 0.2) is 0 Å². The molecule has 168 valence electrons. The van der Waals surface area contributed by atoms with E-state index in [1.54, 1.807) is 18.2 Å². The van der Waals surface area contributed by atoms with Gasteiger partial charge in [-0.15, -0.1) is 0 Å². The molecule has 6 nitrogen and oxygen atoms in total. The molecule has 0 aromatic heterocycles. The third kappa shape index (κ3) is 8.55. The van der Waals surface area contributed by atoms with Crippen molar-refractivity contribution in [1.29, 1.82) is 0 Å². The highest BCUT2D eigenvalue weighted by atomic mass is 35.5. The Morgan fingerprint density at radius 2 is 1.77 bits per heavy atom. The molecular weight excluding hydrogens is 425 g/mol. The number of hydrogen-bond donors (Lipinski definition) is 1. The second-order valence-corrected chi connectivity index (χ2v) is 7.64. The number of halogens is 2. The smallest absolute Gasteiger partial charge is 0.418 e. The van der Waals surface area contributed by atoms with Crippen LogP contribution >= 0.6 is 11.6 Å². The van der Waals surface area contributed by atoms with E-state index < -0.39 is 17.9 Å². The highest BCUT2D eigenvalue weighted by Gasteiger charge is 2.23. The molecule has 31 heavy (non-hydrogen) atoms. The number of nitrogens with zero attached hydrogens (tertiary/aromatic N) is 1. The molecule has 3 rings (SSSR count). The molecule has 1 saturated carbocycles. The number of methoxy groups -OCH3 is 1. The van der Waals surface area contributed by atoms with E-state index in [0.717, 1.165) is 12.8 Å². The van der Waals surface area contributed by atoms with E-state index in [0.29, 0.717) is 23.9 Å². The maximum Gasteiger partial charge on any atom is 0.418 e. The molecule has 0 aliphatic heterocycles. The van der Waals surface area contributed by atoms with Crippen LogP contribution in [-0.2, 0) is 14.3 Å². The first-order chi connectivity index (χ1) is 14.9. The van der Waals surface area contributed by atoms with Gasteiger partial charge in [0.25, 0.3) is 0 Å². The highest BCUT2D eigenvalue weighted by Crippen LogP contribution is 2.30. The summed E-state index contributed by atoms with van der Waals surface area (Å²) >= 11 is 5.97. The molecule has 2 aromatic rings. The molecule has 1 N–H and O–H groups in total. The van der Waals surface area contributed by atoms with Crippen LogP contribution in [0.25, 0.3) is 0 Å². The van der Waals surface area contributed by atoms with Crippen molar-refractivity contribution in [3.8, 4) is 0 Å². The van der Waals surface area contributed by atoms with Gasteiger partial charge in [-0.1, -0.05) is 49.1 Å². The number of carboxylic acids is 1. The number of anilines is 2. The molecule has 1 fully saturated rings. The molecule has 2 aromatic carbocycles. The van der Waals surface area contributed by atoms with Gasteiger partial charge < -0.3 is 14.6 Å². The Bertz CT molecular complexity index is 823. The molecule has 0 heterocycles. The van der Waals surface area contributed by atoms with Crippen molar-refractivity contribution in [1.82, 2.24) is 0 Å². The van der Waals surface area contributed by atoms with Crippen LogP contribution in [0.5, 0.6) is 0 Å². The van der Waals surface area contributed by atoms with E-state index in [2.05, 4.69) is 4.74 Å². The third-order valence-electron chi connectivity index (χ3n) is 4.74. The zero-order valence-electron chi connectivity index (χ0n) is 17.4. The number of carbonyl (C=O) groups excluding carboxylic acids is 1. The van der Waals surface area contributed by atoms with Crippen molar-refractivity contribution in [3.05, 3.63) is 59.4 Å². The number of carboxylic acid groups (broad SMARTS) is 1. The number of carbonyl (C=O) groups is 2. The lowest BCUT2D eigenvalue weighted by Gasteiger charge is -2.25. The molecule has 1 amide bonds. The molecule has 0 saturated heterocycles. The first-order valence-corrected chi connectivity index (χ1v) is 10.5. The Balaban J connectivity index is 0.000000501. The van der Waals surface area contributed by atoms with Gasteiger partial charge in [0.05, 0.1) is 18.0 Å². The van der Waals surface area contributed by atoms with Crippen molar-refractivity contribution in [2.45, 2.75) is 32.1 Å². The second-order valence-electron chi connectivity index (χ2n) is 7.21. The van der Waals surface area contributed by atoms with Gasteiger partial charge in [0, 0.05) is 12.1 Å². The standard InChI is InChI=1S/C20H21ClFNO2.C3H6O3/c21-16-11-17(22)13-19(12-16)23(18-9-5-2-6-10-18)20(24)25-14-15-7-3-1-4-8-15;1-6-2-3(4)5/h2,5-6,9-13,15H,1,3-4,7-8,14H2;2H2,1H3,(H,4,5). The van der Waals surface area contributed by atoms with Gasteiger partial charge in [0.1, 0.15) is 12.4 Å². The predicted octanol–water partition coefficient (Wildman–Crippen LogP) is 6.05. The minimum atomic E-state index is -0.933. The first-order valence-electron chi connectivity index (χ1n) is 10.1. The summed E-state index contributed by atoms with van der Waals surface area (Å²) in [6.07, 6.45) is 5.28. The Morgan fingerprint density at radius 3 is 2.32 bits per heavy atom. The summed E-state index contributed by atoms with van der Waals surface area (Å²) < 4.78 is 23.5. The Morgan fingerprint density at radius 1 is 1.10 bits per heavy atom. The van der Waals surface area contributed by atoms with Gasteiger partial charge in [-0.05, 0) is 49.1 Å². The average molecular weight is 452 g/mol. The third-order valence-corrected chi connectivity index (χ3v) is 4.96. The van der Waals surface area contributed by atoms with Crippen molar-refractivity contribution < 1.29 is 28.6 Å². The molecule has 0 atom stereocenters. The maximum absolute atomic E-state index is 13.8. The second kappa shape index (κ2) is 12.9. The predicted molar refractivity (Wildman–Crippen MR) is 117 cm³/mol. The lowest BCUT2D eigenvalue weighted by molar-refractivity contribution is -0.141. The SMILES string of the molecule is COCC(=O)O.O=C(OCC1CCCCC1)N(c1ccccc1)c1cc(F)cc(Cl)c1. The summed E-state index contributed by atoms with van der Waals surface area (Å²) in [5.74, 6) is -1.02. The average Bonchev–Trinajstić information content (AvgIpc) is 2.74. The molecule has 0 spiro atoms. The van der Waals surface area contributed by atoms with Crippen LogP contribution in [0.15, 0.2) is 48.5 Å². The van der Waals surface area contributed by atoms with Crippen LogP contribution in [0.4, 0.5) is 20.6 Å². The zero-order valence-corrected chi connectivity index (χ0v) is 18.2. The largest absolute Gasteiger partial charge is 0.480 e. The summed E-state index contributed by atoms with van der Waals surface area (Å²) in [6.45, 7) is 0.186. The monoisotopic (exact) mass is 451 g/mol. The number of hydrogen-bond acceptors (Lipinski definition) is 4. The minimum absolute atomic E-state index is 0.208. The number of para-hydroxylation sites is 1. The van der Waals surface area contributed by atoms with Crippen LogP contribution in [0.2, 0.25) is 5.02 Å². The van der Waals surface area contributed by atoms with E-state index >= 15 is 0 Å². The Labute approximate surface area is 186 Å². The first kappa shape index (κ1) is 24.6. The van der Waals surface area contributed by atoms with E-state index in [9.17, 15) is 14.0 Å². The van der Waals surface area contributed by atoms with Gasteiger partial charge in [-0.25, -0.2) is 18.9 Å². The van der Waals surface area contributed by atoms with Crippen LogP contribution < -0.4 is 4.90 Å². The van der Waals surface area contributed by atoms with Gasteiger partial charge >= 0.3 is 12.1 Å². The Kier molecular flexibility index (Phi) is 10.3. The fraction of sp³-hybridized carbons (Fsp3) is 0.391. The normalized spacial score (nSPS) is 13.6. The highest BCUT2D eigenvalue weighted by molar-refractivity contribution is 6.31. The molecule has 0 bridgehead atoms. The van der Waals surface area contributed by atoms with E-state index in [1.807, 2.05) is 18.2 Å². The fourth-order valence-electron chi connectivity index (χ4n) is 3.34. The quantitative estimate of drug-likeness (QED) is 0.578. The minimum Gasteiger partial charge on any atom is -0.480 e. The maximum atomic E-state index is 13.8. The fourth-order valence-corrected chi connectivity index (χ4v) is 3.55. The van der Waals surface area contributed by atoms with Crippen LogP contribution in [0, 0.1) is 11.7 Å². The summed E-state index contributed by atoms with van der Waals surface area (Å²) in [5.41, 5.74) is 0.961. The van der Waals surface area contributed by atoms with Crippen molar-refractivity contribution >= 4 is 35.0 Å². The Hall–Kier alpha value is -2.64. The number of ether oxygens (including phenoxy) is 2. The van der Waals surface area contributed by atoms with Crippen molar-refractivity contribution in [2.75, 3.05) is 25.2 Å². The van der Waals surface area contributed by atoms with Crippen LogP contribution in [0.1, 0.15) is 32.1 Å². The lowest BCUT2D eigenvalue weighted by Crippen LogP contribution is -2.29. The summed E-state index contributed by atoms with van der Waals surface area (Å²) in [6, 6.07) is 13.1. The molecular formula is C23H27ClFNO5. The van der Waals surface area contributed by atoms with Gasteiger partial charge in [-0.3, -0.25) is 0 Å². The van der Waals surface area contributed by atoms with E-state index in [1.165, 1.54) is 43.4 Å². The topological polar surface area (TPSA) is 76.1 Å². The number of rotatable bonds is 6. The zero-order chi connectivity index (χ0) is 22.6. The van der Waals surface area contributed by atoms with E-state index in [-0.39, 0.29) is 11.6 Å². The van der Waals surface area contributed by atoms with Crippen molar-refractivity contribution in [2.24, 2.45) is 5.92 Å². The number of amides is 1. The van der Waals surface area contributed by atoms with E-state index in [4.69, 9.17) is 21.4 Å². The molecule has 1 aliphatic carbocycles. The number of benzene rings is 2. The number of aliphatic carboxylic acids is 1. The summed E-state index contributed by atoms with van der Waals surface area (Å²) in [7, 11) is 1.34. The summed E-state index contributed by atoms with van der Waals surface area (Å²) in [5, 5.41) is 8.02.